The fraction of sp³-hybridized carbons (Fsp3) is 0.348. The molecule has 3 aromatic rings. The highest BCUT2D eigenvalue weighted by Crippen LogP contribution is 2.24. The first-order chi connectivity index (χ1) is 14.2. The molecule has 6 nitrogen and oxygen atoms in total. The van der Waals surface area contributed by atoms with Gasteiger partial charge in [0.1, 0.15) is 11.9 Å². The maximum atomic E-state index is 12.2. The minimum atomic E-state index is -0.163. The SMILES string of the molecule is COc1ccc(-c2noc(CCCC(=O)OC3CCc4ccccc4C3)n2)cc1. The number of fused-ring (bicyclic) bond motifs is 1. The van der Waals surface area contributed by atoms with Crippen molar-refractivity contribution in [1.29, 1.82) is 0 Å². The molecule has 2 aromatic carbocycles. The van der Waals surface area contributed by atoms with Gasteiger partial charge in [-0.2, -0.15) is 4.98 Å². The molecule has 1 aromatic heterocycles. The van der Waals surface area contributed by atoms with E-state index in [9.17, 15) is 4.79 Å². The Morgan fingerprint density at radius 1 is 1.14 bits per heavy atom. The van der Waals surface area contributed by atoms with Crippen molar-refractivity contribution < 1.29 is 18.8 Å². The molecule has 1 heterocycles. The first-order valence-corrected chi connectivity index (χ1v) is 9.94. The minimum Gasteiger partial charge on any atom is -0.497 e. The summed E-state index contributed by atoms with van der Waals surface area (Å²) in [7, 11) is 1.62. The Kier molecular flexibility index (Phi) is 5.89. The van der Waals surface area contributed by atoms with Crippen molar-refractivity contribution in [2.75, 3.05) is 7.11 Å². The minimum absolute atomic E-state index is 0.0255. The van der Waals surface area contributed by atoms with Gasteiger partial charge in [0.25, 0.3) is 0 Å². The highest BCUT2D eigenvalue weighted by molar-refractivity contribution is 5.69. The third kappa shape index (κ3) is 4.83. The lowest BCUT2D eigenvalue weighted by molar-refractivity contribution is -0.149. The molecule has 0 fully saturated rings. The van der Waals surface area contributed by atoms with E-state index in [1.54, 1.807) is 7.11 Å². The molecule has 0 radical (unpaired) electrons. The van der Waals surface area contributed by atoms with E-state index in [1.165, 1.54) is 11.1 Å². The lowest BCUT2D eigenvalue weighted by atomic mass is 9.90. The van der Waals surface area contributed by atoms with Crippen LogP contribution in [-0.4, -0.2) is 29.3 Å². The lowest BCUT2D eigenvalue weighted by Gasteiger charge is -2.24. The van der Waals surface area contributed by atoms with E-state index in [0.29, 0.717) is 31.0 Å². The van der Waals surface area contributed by atoms with Crippen LogP contribution < -0.4 is 4.74 Å². The van der Waals surface area contributed by atoms with E-state index in [0.717, 1.165) is 30.6 Å². The zero-order valence-electron chi connectivity index (χ0n) is 16.5. The Morgan fingerprint density at radius 2 is 1.93 bits per heavy atom. The summed E-state index contributed by atoms with van der Waals surface area (Å²) in [6, 6.07) is 15.8. The van der Waals surface area contributed by atoms with Crippen molar-refractivity contribution in [1.82, 2.24) is 10.1 Å². The van der Waals surface area contributed by atoms with Crippen LogP contribution in [0, 0.1) is 0 Å². The molecule has 0 aliphatic heterocycles. The molecule has 0 amide bonds. The van der Waals surface area contributed by atoms with Crippen LogP contribution in [-0.2, 0) is 28.8 Å². The van der Waals surface area contributed by atoms with Gasteiger partial charge in [-0.05, 0) is 54.7 Å². The highest BCUT2D eigenvalue weighted by Gasteiger charge is 2.21. The average Bonchev–Trinajstić information content (AvgIpc) is 3.22. The van der Waals surface area contributed by atoms with Crippen molar-refractivity contribution in [2.45, 2.75) is 44.6 Å². The summed E-state index contributed by atoms with van der Waals surface area (Å²) in [5.74, 6) is 1.67. The van der Waals surface area contributed by atoms with Crippen LogP contribution >= 0.6 is 0 Å². The summed E-state index contributed by atoms with van der Waals surface area (Å²) in [4.78, 5) is 16.6. The van der Waals surface area contributed by atoms with Gasteiger partial charge in [0, 0.05) is 24.8 Å². The van der Waals surface area contributed by atoms with E-state index in [2.05, 4.69) is 28.3 Å². The molecular formula is C23H24N2O4. The molecule has 150 valence electrons. The number of methoxy groups -OCH3 is 1. The summed E-state index contributed by atoms with van der Waals surface area (Å²) in [6.07, 6.45) is 4.14. The first kappa shape index (κ1) is 19.2. The number of rotatable bonds is 7. The Hall–Kier alpha value is -3.15. The van der Waals surface area contributed by atoms with Gasteiger partial charge in [-0.3, -0.25) is 4.79 Å². The number of carbonyl (C=O) groups excluding carboxylic acids is 1. The lowest BCUT2D eigenvalue weighted by Crippen LogP contribution is -2.25. The Labute approximate surface area is 169 Å². The van der Waals surface area contributed by atoms with Gasteiger partial charge in [-0.1, -0.05) is 29.4 Å². The number of nitrogens with zero attached hydrogens (tertiary/aromatic N) is 2. The third-order valence-electron chi connectivity index (χ3n) is 5.19. The molecule has 0 N–H and O–H groups in total. The quantitative estimate of drug-likeness (QED) is 0.562. The second-order valence-electron chi connectivity index (χ2n) is 7.22. The topological polar surface area (TPSA) is 74.5 Å². The van der Waals surface area contributed by atoms with Gasteiger partial charge in [0.2, 0.25) is 11.7 Å². The number of ether oxygens (including phenoxy) is 2. The van der Waals surface area contributed by atoms with Gasteiger partial charge >= 0.3 is 5.97 Å². The Balaban J connectivity index is 1.23. The predicted molar refractivity (Wildman–Crippen MR) is 108 cm³/mol. The van der Waals surface area contributed by atoms with Crippen molar-refractivity contribution in [3.63, 3.8) is 0 Å². The molecule has 0 saturated heterocycles. The zero-order valence-corrected chi connectivity index (χ0v) is 16.5. The molecule has 0 bridgehead atoms. The van der Waals surface area contributed by atoms with Crippen molar-refractivity contribution in [3.8, 4) is 17.1 Å². The van der Waals surface area contributed by atoms with Crippen LogP contribution in [0.1, 0.15) is 36.3 Å². The number of hydrogen-bond acceptors (Lipinski definition) is 6. The number of esters is 1. The van der Waals surface area contributed by atoms with Crippen LogP contribution in [0.5, 0.6) is 5.75 Å². The van der Waals surface area contributed by atoms with E-state index in [-0.39, 0.29) is 12.1 Å². The highest BCUT2D eigenvalue weighted by atomic mass is 16.5. The van der Waals surface area contributed by atoms with Crippen LogP contribution in [0.15, 0.2) is 53.1 Å². The summed E-state index contributed by atoms with van der Waals surface area (Å²) in [6.45, 7) is 0. The predicted octanol–water partition coefficient (Wildman–Crippen LogP) is 4.17. The van der Waals surface area contributed by atoms with Crippen LogP contribution in [0.3, 0.4) is 0 Å². The van der Waals surface area contributed by atoms with E-state index < -0.39 is 0 Å². The third-order valence-corrected chi connectivity index (χ3v) is 5.19. The fourth-order valence-corrected chi connectivity index (χ4v) is 3.61. The second kappa shape index (κ2) is 8.90. The molecule has 4 rings (SSSR count). The van der Waals surface area contributed by atoms with Crippen LogP contribution in [0.4, 0.5) is 0 Å². The monoisotopic (exact) mass is 392 g/mol. The Morgan fingerprint density at radius 3 is 2.72 bits per heavy atom. The van der Waals surface area contributed by atoms with Gasteiger partial charge in [-0.15, -0.1) is 0 Å². The van der Waals surface area contributed by atoms with Gasteiger partial charge in [0.05, 0.1) is 7.11 Å². The zero-order chi connectivity index (χ0) is 20.1. The number of aryl methyl sites for hydroxylation is 2. The normalized spacial score (nSPS) is 15.6. The van der Waals surface area contributed by atoms with E-state index >= 15 is 0 Å². The summed E-state index contributed by atoms with van der Waals surface area (Å²) in [5.41, 5.74) is 3.51. The second-order valence-corrected chi connectivity index (χ2v) is 7.22. The standard InChI is InChI=1S/C23H24N2O4/c1-27-19-12-10-17(11-13-19)23-24-21(29-25-23)7-4-8-22(26)28-20-14-9-16-5-2-3-6-18(16)15-20/h2-3,5-6,10-13,20H,4,7-9,14-15H2,1H3. The van der Waals surface area contributed by atoms with Crippen LogP contribution in [0.25, 0.3) is 11.4 Å². The smallest absolute Gasteiger partial charge is 0.306 e. The molecule has 0 spiro atoms. The molecule has 1 atom stereocenters. The van der Waals surface area contributed by atoms with Crippen molar-refractivity contribution in [2.24, 2.45) is 0 Å². The summed E-state index contributed by atoms with van der Waals surface area (Å²) in [5, 5.41) is 4.01. The molecular weight excluding hydrogens is 368 g/mol. The molecule has 6 heteroatoms. The van der Waals surface area contributed by atoms with Gasteiger partial charge < -0.3 is 14.0 Å². The van der Waals surface area contributed by atoms with Crippen molar-refractivity contribution >= 4 is 5.97 Å². The molecule has 0 saturated carbocycles. The van der Waals surface area contributed by atoms with Crippen molar-refractivity contribution in [3.05, 3.63) is 65.5 Å². The average molecular weight is 392 g/mol. The molecule has 1 aliphatic rings. The number of benzene rings is 2. The largest absolute Gasteiger partial charge is 0.497 e. The molecule has 1 aliphatic carbocycles. The number of carbonyl (C=O) groups is 1. The maximum absolute atomic E-state index is 12.2. The molecule has 1 unspecified atom stereocenters. The first-order valence-electron chi connectivity index (χ1n) is 9.94. The van der Waals surface area contributed by atoms with E-state index in [1.807, 2.05) is 30.3 Å². The molecule has 29 heavy (non-hydrogen) atoms. The van der Waals surface area contributed by atoms with Gasteiger partial charge in [-0.25, -0.2) is 0 Å². The Bertz CT molecular complexity index is 965. The van der Waals surface area contributed by atoms with E-state index in [4.69, 9.17) is 14.0 Å². The van der Waals surface area contributed by atoms with Gasteiger partial charge in [0.15, 0.2) is 0 Å². The number of aromatic nitrogens is 2. The summed E-state index contributed by atoms with van der Waals surface area (Å²) >= 11 is 0. The van der Waals surface area contributed by atoms with Crippen LogP contribution in [0.2, 0.25) is 0 Å². The fourth-order valence-electron chi connectivity index (χ4n) is 3.61. The number of hydrogen-bond donors (Lipinski definition) is 0. The summed E-state index contributed by atoms with van der Waals surface area (Å²) < 4.78 is 16.1. The maximum Gasteiger partial charge on any atom is 0.306 e.